The van der Waals surface area contributed by atoms with E-state index in [0.717, 1.165) is 17.1 Å². The molecular weight excluding hydrogens is 294 g/mol. The van der Waals surface area contributed by atoms with Gasteiger partial charge < -0.3 is 4.43 Å². The zero-order valence-electron chi connectivity index (χ0n) is 14.5. The molecule has 118 valence electrons. The summed E-state index contributed by atoms with van der Waals surface area (Å²) >= 11 is 1.68. The fourth-order valence-corrected chi connectivity index (χ4v) is 3.70. The molecule has 0 aliphatic rings. The molecule has 1 aromatic rings. The number of hydrogen-bond donors (Lipinski definition) is 0. The Kier molecular flexibility index (Phi) is 6.14. The van der Waals surface area contributed by atoms with Gasteiger partial charge in [0.1, 0.15) is 0 Å². The summed E-state index contributed by atoms with van der Waals surface area (Å²) in [6.45, 7) is 19.5. The number of aromatic nitrogens is 1. The summed E-state index contributed by atoms with van der Waals surface area (Å²) in [5.41, 5.74) is 2.26. The van der Waals surface area contributed by atoms with Crippen molar-refractivity contribution in [3.05, 3.63) is 34.3 Å². The van der Waals surface area contributed by atoms with Crippen LogP contribution in [-0.4, -0.2) is 19.4 Å². The van der Waals surface area contributed by atoms with E-state index in [1.165, 1.54) is 5.57 Å². The summed E-state index contributed by atoms with van der Waals surface area (Å²) in [6, 6.07) is 0. The Labute approximate surface area is 135 Å². The molecule has 4 heteroatoms. The van der Waals surface area contributed by atoms with E-state index in [4.69, 9.17) is 4.43 Å². The standard InChI is InChI=1S/C17H29NOSSi/c1-9-10-16(19-21(7,8)17(4,5)6)13(2)11-15-12-20-14(3)18-15/h9,11-12,16H,1,10H2,2-8H3/t16-/m0/s1. The van der Waals surface area contributed by atoms with Crippen molar-refractivity contribution in [2.75, 3.05) is 0 Å². The topological polar surface area (TPSA) is 22.1 Å². The molecule has 1 heterocycles. The molecular formula is C17H29NOSSi. The first-order valence-electron chi connectivity index (χ1n) is 7.46. The Bertz CT molecular complexity index is 511. The van der Waals surface area contributed by atoms with Crippen LogP contribution < -0.4 is 0 Å². The van der Waals surface area contributed by atoms with Gasteiger partial charge in [-0.05, 0) is 50.0 Å². The second-order valence-electron chi connectivity index (χ2n) is 7.07. The number of aryl methyl sites for hydroxylation is 1. The lowest BCUT2D eigenvalue weighted by molar-refractivity contribution is 0.218. The largest absolute Gasteiger partial charge is 0.410 e. The zero-order valence-corrected chi connectivity index (χ0v) is 16.3. The zero-order chi connectivity index (χ0) is 16.3. The predicted octanol–water partition coefficient (Wildman–Crippen LogP) is 5.82. The van der Waals surface area contributed by atoms with E-state index in [0.29, 0.717) is 0 Å². The van der Waals surface area contributed by atoms with Crippen LogP contribution in [0.5, 0.6) is 0 Å². The van der Waals surface area contributed by atoms with Crippen LogP contribution >= 0.6 is 11.3 Å². The third kappa shape index (κ3) is 5.20. The maximum Gasteiger partial charge on any atom is 0.192 e. The molecule has 0 aromatic carbocycles. The molecule has 1 rings (SSSR count). The molecule has 0 bridgehead atoms. The van der Waals surface area contributed by atoms with Gasteiger partial charge in [-0.1, -0.05) is 26.8 Å². The molecule has 0 amide bonds. The van der Waals surface area contributed by atoms with Crippen molar-refractivity contribution in [1.82, 2.24) is 4.98 Å². The van der Waals surface area contributed by atoms with E-state index in [1.54, 1.807) is 11.3 Å². The Hall–Kier alpha value is -0.713. The van der Waals surface area contributed by atoms with Crippen molar-refractivity contribution in [3.8, 4) is 0 Å². The second kappa shape index (κ2) is 7.03. The highest BCUT2D eigenvalue weighted by Crippen LogP contribution is 2.38. The highest BCUT2D eigenvalue weighted by atomic mass is 32.1. The lowest BCUT2D eigenvalue weighted by Crippen LogP contribution is -2.44. The summed E-state index contributed by atoms with van der Waals surface area (Å²) in [6.07, 6.45) is 5.04. The van der Waals surface area contributed by atoms with Gasteiger partial charge in [0.2, 0.25) is 0 Å². The molecule has 0 saturated carbocycles. The Morgan fingerprint density at radius 2 is 2.10 bits per heavy atom. The van der Waals surface area contributed by atoms with Crippen molar-refractivity contribution < 1.29 is 4.43 Å². The van der Waals surface area contributed by atoms with E-state index < -0.39 is 8.32 Å². The third-order valence-electron chi connectivity index (χ3n) is 4.14. The quantitative estimate of drug-likeness (QED) is 0.486. The molecule has 21 heavy (non-hydrogen) atoms. The van der Waals surface area contributed by atoms with E-state index in [-0.39, 0.29) is 11.1 Å². The summed E-state index contributed by atoms with van der Waals surface area (Å²) in [5, 5.41) is 3.40. The van der Waals surface area contributed by atoms with Gasteiger partial charge in [0.25, 0.3) is 0 Å². The van der Waals surface area contributed by atoms with Crippen LogP contribution in [0.1, 0.15) is 44.8 Å². The van der Waals surface area contributed by atoms with Crippen LogP contribution in [0.25, 0.3) is 6.08 Å². The van der Waals surface area contributed by atoms with Crippen LogP contribution in [0.3, 0.4) is 0 Å². The van der Waals surface area contributed by atoms with Gasteiger partial charge >= 0.3 is 0 Å². The van der Waals surface area contributed by atoms with Gasteiger partial charge in [-0.3, -0.25) is 0 Å². The van der Waals surface area contributed by atoms with Crippen molar-refractivity contribution in [1.29, 1.82) is 0 Å². The molecule has 0 N–H and O–H groups in total. The Balaban J connectivity index is 2.96. The summed E-state index contributed by atoms with van der Waals surface area (Å²) < 4.78 is 6.56. The van der Waals surface area contributed by atoms with E-state index >= 15 is 0 Å². The van der Waals surface area contributed by atoms with Gasteiger partial charge in [0, 0.05) is 5.38 Å². The minimum absolute atomic E-state index is 0.102. The molecule has 0 fully saturated rings. The van der Waals surface area contributed by atoms with E-state index in [1.807, 2.05) is 13.0 Å². The van der Waals surface area contributed by atoms with E-state index in [9.17, 15) is 0 Å². The first-order chi connectivity index (χ1) is 9.56. The first-order valence-corrected chi connectivity index (χ1v) is 11.2. The minimum atomic E-state index is -1.79. The lowest BCUT2D eigenvalue weighted by atomic mass is 10.1. The molecule has 0 radical (unpaired) electrons. The maximum absolute atomic E-state index is 6.56. The average molecular weight is 324 g/mol. The summed E-state index contributed by atoms with van der Waals surface area (Å²) in [7, 11) is -1.79. The third-order valence-corrected chi connectivity index (χ3v) is 9.42. The fourth-order valence-electron chi connectivity index (χ4n) is 1.78. The van der Waals surface area contributed by atoms with Crippen LogP contribution in [0.4, 0.5) is 0 Å². The van der Waals surface area contributed by atoms with Crippen molar-refractivity contribution in [3.63, 3.8) is 0 Å². The second-order valence-corrected chi connectivity index (χ2v) is 12.9. The van der Waals surface area contributed by atoms with Crippen LogP contribution in [-0.2, 0) is 4.43 Å². The average Bonchev–Trinajstić information content (AvgIpc) is 2.72. The Morgan fingerprint density at radius 1 is 1.48 bits per heavy atom. The Morgan fingerprint density at radius 3 is 2.52 bits per heavy atom. The molecule has 0 aliphatic heterocycles. The highest BCUT2D eigenvalue weighted by molar-refractivity contribution is 7.09. The van der Waals surface area contributed by atoms with Crippen molar-refractivity contribution in [2.24, 2.45) is 0 Å². The predicted molar refractivity (Wildman–Crippen MR) is 97.4 cm³/mol. The number of nitrogens with zero attached hydrogens (tertiary/aromatic N) is 1. The van der Waals surface area contributed by atoms with Crippen LogP contribution in [0, 0.1) is 6.92 Å². The first kappa shape index (κ1) is 18.3. The van der Waals surface area contributed by atoms with Gasteiger partial charge in [0.05, 0.1) is 16.8 Å². The fraction of sp³-hybridized carbons (Fsp3) is 0.588. The number of thiazole rings is 1. The maximum atomic E-state index is 6.56. The highest BCUT2D eigenvalue weighted by Gasteiger charge is 2.39. The molecule has 1 atom stereocenters. The van der Waals surface area contributed by atoms with Gasteiger partial charge in [0.15, 0.2) is 8.32 Å². The molecule has 0 aliphatic carbocycles. The molecule has 0 unspecified atom stereocenters. The van der Waals surface area contributed by atoms with Crippen molar-refractivity contribution >= 4 is 25.7 Å². The monoisotopic (exact) mass is 323 g/mol. The van der Waals surface area contributed by atoms with Gasteiger partial charge in [-0.15, -0.1) is 17.9 Å². The van der Waals surface area contributed by atoms with Crippen LogP contribution in [0.15, 0.2) is 23.6 Å². The number of hydrogen-bond acceptors (Lipinski definition) is 3. The van der Waals surface area contributed by atoms with Gasteiger partial charge in [-0.25, -0.2) is 4.98 Å². The molecule has 0 saturated heterocycles. The SMILES string of the molecule is C=CC[C@H](O[Si](C)(C)C(C)(C)C)C(C)=Cc1csc(C)n1. The minimum Gasteiger partial charge on any atom is -0.410 e. The molecule has 2 nitrogen and oxygen atoms in total. The van der Waals surface area contributed by atoms with E-state index in [2.05, 4.69) is 63.8 Å². The summed E-state index contributed by atoms with van der Waals surface area (Å²) in [4.78, 5) is 4.51. The summed E-state index contributed by atoms with van der Waals surface area (Å²) in [5.74, 6) is 0. The van der Waals surface area contributed by atoms with Gasteiger partial charge in [-0.2, -0.15) is 0 Å². The molecule has 1 aromatic heterocycles. The number of rotatable bonds is 6. The van der Waals surface area contributed by atoms with Crippen LogP contribution in [0.2, 0.25) is 18.1 Å². The smallest absolute Gasteiger partial charge is 0.192 e. The normalized spacial score (nSPS) is 15.1. The van der Waals surface area contributed by atoms with Crippen molar-refractivity contribution in [2.45, 2.75) is 65.3 Å². The lowest BCUT2D eigenvalue weighted by Gasteiger charge is -2.39. The molecule has 0 spiro atoms.